The Morgan fingerprint density at radius 1 is 1.27 bits per heavy atom. The van der Waals surface area contributed by atoms with E-state index in [9.17, 15) is 9.90 Å². The molecule has 0 bridgehead atoms. The number of fused-ring (bicyclic) bond motifs is 1. The van der Waals surface area contributed by atoms with Crippen LogP contribution in [0.1, 0.15) is 27.6 Å². The number of aryl methyl sites for hydroxylation is 2. The molecule has 182 valence electrons. The number of benzene rings is 1. The Kier molecular flexibility index (Phi) is 9.70. The quantitative estimate of drug-likeness (QED) is 0.508. The van der Waals surface area contributed by atoms with Gasteiger partial charge in [0, 0.05) is 38.7 Å². The fourth-order valence-corrected chi connectivity index (χ4v) is 5.21. The maximum Gasteiger partial charge on any atom is 0.237 e. The zero-order valence-electron chi connectivity index (χ0n) is 20.1. The van der Waals surface area contributed by atoms with Gasteiger partial charge in [0.05, 0.1) is 31.9 Å². The van der Waals surface area contributed by atoms with Gasteiger partial charge in [-0.2, -0.15) is 0 Å². The summed E-state index contributed by atoms with van der Waals surface area (Å²) in [5.41, 5.74) is 3.46. The molecule has 2 aromatic rings. The lowest BCUT2D eigenvalue weighted by Crippen LogP contribution is -2.48. The van der Waals surface area contributed by atoms with Gasteiger partial charge >= 0.3 is 0 Å². The number of aliphatic hydroxyl groups is 1. The van der Waals surface area contributed by atoms with E-state index in [1.165, 1.54) is 16.0 Å². The van der Waals surface area contributed by atoms with Crippen molar-refractivity contribution >= 4 is 17.2 Å². The van der Waals surface area contributed by atoms with Gasteiger partial charge in [0.2, 0.25) is 5.91 Å². The van der Waals surface area contributed by atoms with Crippen molar-refractivity contribution in [2.75, 3.05) is 60.2 Å². The van der Waals surface area contributed by atoms with Crippen LogP contribution in [-0.4, -0.2) is 87.1 Å². The molecule has 7 nitrogen and oxygen atoms in total. The topological polar surface area (TPSA) is 71.5 Å². The minimum absolute atomic E-state index is 0.0294. The number of rotatable bonds is 12. The van der Waals surface area contributed by atoms with E-state index in [4.69, 9.17) is 14.2 Å². The third kappa shape index (κ3) is 7.01. The third-order valence-electron chi connectivity index (χ3n) is 5.94. The summed E-state index contributed by atoms with van der Waals surface area (Å²) < 4.78 is 16.5. The van der Waals surface area contributed by atoms with Crippen LogP contribution in [0.3, 0.4) is 0 Å². The molecule has 0 aliphatic carbocycles. The highest BCUT2D eigenvalue weighted by atomic mass is 32.1. The standard InChI is InChI=1S/C25H36N2O5S/c1-18-5-6-23(19(2)13-18)32-17-22-21-8-12-33-24(21)7-9-27(22)25(29)15-26(10-11-30-3)14-20(28)16-31-4/h5-6,8,12-13,20,22,28H,7,9-11,14-17H2,1-4H3/t20-,22+/m0/s1. The lowest BCUT2D eigenvalue weighted by molar-refractivity contribution is -0.136. The summed E-state index contributed by atoms with van der Waals surface area (Å²) in [7, 11) is 3.19. The van der Waals surface area contributed by atoms with Crippen LogP contribution >= 0.6 is 11.3 Å². The minimum Gasteiger partial charge on any atom is -0.491 e. The molecule has 1 amide bonds. The number of carbonyl (C=O) groups is 1. The largest absolute Gasteiger partial charge is 0.491 e. The first kappa shape index (κ1) is 25.6. The number of aliphatic hydroxyl groups excluding tert-OH is 1. The molecule has 1 aromatic carbocycles. The summed E-state index contributed by atoms with van der Waals surface area (Å²) in [6, 6.07) is 8.12. The summed E-state index contributed by atoms with van der Waals surface area (Å²) in [6.45, 7) is 7.01. The highest BCUT2D eigenvalue weighted by molar-refractivity contribution is 7.10. The van der Waals surface area contributed by atoms with E-state index < -0.39 is 6.10 Å². The monoisotopic (exact) mass is 476 g/mol. The molecule has 1 aromatic heterocycles. The van der Waals surface area contributed by atoms with E-state index in [0.29, 0.717) is 32.8 Å². The molecule has 33 heavy (non-hydrogen) atoms. The van der Waals surface area contributed by atoms with Crippen LogP contribution in [0.5, 0.6) is 5.75 Å². The molecule has 2 heterocycles. The van der Waals surface area contributed by atoms with Crippen LogP contribution in [0.4, 0.5) is 0 Å². The average molecular weight is 477 g/mol. The summed E-state index contributed by atoms with van der Waals surface area (Å²) in [5, 5.41) is 12.3. The molecule has 2 atom stereocenters. The van der Waals surface area contributed by atoms with Crippen LogP contribution in [0.25, 0.3) is 0 Å². The van der Waals surface area contributed by atoms with Crippen molar-refractivity contribution in [3.63, 3.8) is 0 Å². The molecular formula is C25H36N2O5S. The molecule has 0 unspecified atom stereocenters. The lowest BCUT2D eigenvalue weighted by atomic mass is 10.00. The van der Waals surface area contributed by atoms with Crippen molar-refractivity contribution in [2.24, 2.45) is 0 Å². The van der Waals surface area contributed by atoms with Crippen molar-refractivity contribution in [3.8, 4) is 5.75 Å². The van der Waals surface area contributed by atoms with Gasteiger partial charge in [-0.1, -0.05) is 17.7 Å². The molecule has 0 spiro atoms. The van der Waals surface area contributed by atoms with E-state index in [2.05, 4.69) is 24.4 Å². The minimum atomic E-state index is -0.659. The Bertz CT molecular complexity index is 903. The van der Waals surface area contributed by atoms with Crippen LogP contribution in [-0.2, 0) is 20.7 Å². The Hall–Kier alpha value is -1.97. The number of carbonyl (C=O) groups excluding carboxylic acids is 1. The van der Waals surface area contributed by atoms with Crippen molar-refractivity contribution in [3.05, 3.63) is 51.2 Å². The first-order valence-corrected chi connectivity index (χ1v) is 12.2. The zero-order valence-corrected chi connectivity index (χ0v) is 20.9. The number of hydrogen-bond acceptors (Lipinski definition) is 7. The summed E-state index contributed by atoms with van der Waals surface area (Å²) in [6.07, 6.45) is 0.191. The second-order valence-electron chi connectivity index (χ2n) is 8.57. The maximum absolute atomic E-state index is 13.5. The molecule has 8 heteroatoms. The SMILES string of the molecule is COCCN(CC(=O)N1CCc2sccc2[C@H]1COc1ccc(C)cc1C)C[C@H](O)COC. The smallest absolute Gasteiger partial charge is 0.237 e. The highest BCUT2D eigenvalue weighted by Gasteiger charge is 2.33. The molecule has 1 N–H and O–H groups in total. The summed E-state index contributed by atoms with van der Waals surface area (Å²) in [5.74, 6) is 0.876. The number of hydrogen-bond donors (Lipinski definition) is 1. The van der Waals surface area contributed by atoms with E-state index in [-0.39, 0.29) is 25.1 Å². The predicted molar refractivity (Wildman–Crippen MR) is 130 cm³/mol. The van der Waals surface area contributed by atoms with Crippen molar-refractivity contribution in [1.82, 2.24) is 9.80 Å². The highest BCUT2D eigenvalue weighted by Crippen LogP contribution is 2.34. The number of methoxy groups -OCH3 is 2. The van der Waals surface area contributed by atoms with Gasteiger partial charge in [-0.15, -0.1) is 11.3 Å². The summed E-state index contributed by atoms with van der Waals surface area (Å²) in [4.78, 5) is 18.6. The zero-order chi connectivity index (χ0) is 23.8. The molecule has 1 aliphatic rings. The lowest BCUT2D eigenvalue weighted by Gasteiger charge is -2.37. The Balaban J connectivity index is 1.73. The molecule has 1 aliphatic heterocycles. The van der Waals surface area contributed by atoms with Crippen LogP contribution < -0.4 is 4.74 Å². The molecule has 0 fully saturated rings. The van der Waals surface area contributed by atoms with Crippen LogP contribution in [0.2, 0.25) is 0 Å². The predicted octanol–water partition coefficient (Wildman–Crippen LogP) is 2.83. The van der Waals surface area contributed by atoms with E-state index in [1.807, 2.05) is 28.9 Å². The Labute approximate surface area is 200 Å². The molecule has 0 saturated carbocycles. The van der Waals surface area contributed by atoms with E-state index in [0.717, 1.165) is 17.7 Å². The first-order valence-electron chi connectivity index (χ1n) is 11.4. The second kappa shape index (κ2) is 12.5. The average Bonchev–Trinajstić information content (AvgIpc) is 3.26. The number of ether oxygens (including phenoxy) is 3. The maximum atomic E-state index is 13.5. The fourth-order valence-electron chi connectivity index (χ4n) is 4.29. The van der Waals surface area contributed by atoms with E-state index >= 15 is 0 Å². The third-order valence-corrected chi connectivity index (χ3v) is 6.94. The molecule has 0 radical (unpaired) electrons. The van der Waals surface area contributed by atoms with Crippen molar-refractivity contribution in [1.29, 1.82) is 0 Å². The number of thiophene rings is 1. The Morgan fingerprint density at radius 3 is 2.82 bits per heavy atom. The summed E-state index contributed by atoms with van der Waals surface area (Å²) >= 11 is 1.74. The van der Waals surface area contributed by atoms with Gasteiger partial charge < -0.3 is 24.2 Å². The number of nitrogens with zero attached hydrogens (tertiary/aromatic N) is 2. The van der Waals surface area contributed by atoms with Gasteiger partial charge in [-0.3, -0.25) is 9.69 Å². The van der Waals surface area contributed by atoms with Crippen molar-refractivity contribution < 1.29 is 24.1 Å². The van der Waals surface area contributed by atoms with Crippen LogP contribution in [0, 0.1) is 13.8 Å². The first-order chi connectivity index (χ1) is 15.9. The fraction of sp³-hybridized carbons (Fsp3) is 0.560. The normalized spacial score (nSPS) is 16.7. The van der Waals surface area contributed by atoms with E-state index in [1.54, 1.807) is 25.6 Å². The van der Waals surface area contributed by atoms with Crippen LogP contribution in [0.15, 0.2) is 29.6 Å². The van der Waals surface area contributed by atoms with Gasteiger partial charge in [0.25, 0.3) is 0 Å². The second-order valence-corrected chi connectivity index (χ2v) is 9.57. The number of amides is 1. The Morgan fingerprint density at radius 2 is 2.09 bits per heavy atom. The van der Waals surface area contributed by atoms with Gasteiger partial charge in [0.15, 0.2) is 0 Å². The van der Waals surface area contributed by atoms with Gasteiger partial charge in [-0.05, 0) is 48.9 Å². The van der Waals surface area contributed by atoms with Crippen molar-refractivity contribution in [2.45, 2.75) is 32.4 Å². The molecule has 0 saturated heterocycles. The van der Waals surface area contributed by atoms with Gasteiger partial charge in [0.1, 0.15) is 12.4 Å². The van der Waals surface area contributed by atoms with Gasteiger partial charge in [-0.25, -0.2) is 0 Å². The molecule has 3 rings (SSSR count). The molecular weight excluding hydrogens is 440 g/mol.